The Bertz CT molecular complexity index is 1060. The van der Waals surface area contributed by atoms with E-state index in [0.29, 0.717) is 16.3 Å². The van der Waals surface area contributed by atoms with Crippen LogP contribution in [0.5, 0.6) is 0 Å². The largest absolute Gasteiger partial charge is 0.452 e. The van der Waals surface area contributed by atoms with E-state index in [1.807, 2.05) is 0 Å². The molecule has 0 bridgehead atoms. The van der Waals surface area contributed by atoms with Crippen molar-refractivity contribution in [2.75, 3.05) is 11.9 Å². The number of rotatable bonds is 6. The molecule has 29 heavy (non-hydrogen) atoms. The van der Waals surface area contributed by atoms with Crippen LogP contribution in [-0.2, 0) is 16.6 Å². The molecule has 3 amide bonds. The molecule has 148 valence electrons. The maximum Gasteiger partial charge on any atom is 0.338 e. The lowest BCUT2D eigenvalue weighted by Crippen LogP contribution is -2.35. The van der Waals surface area contributed by atoms with Crippen molar-refractivity contribution in [3.8, 4) is 0 Å². The fourth-order valence-electron chi connectivity index (χ4n) is 2.46. The minimum absolute atomic E-state index is 0.163. The molecule has 3 aromatic rings. The van der Waals surface area contributed by atoms with Gasteiger partial charge in [-0.2, -0.15) is 0 Å². The van der Waals surface area contributed by atoms with Gasteiger partial charge >= 0.3 is 5.97 Å². The molecule has 3 rings (SSSR count). The van der Waals surface area contributed by atoms with E-state index in [1.165, 1.54) is 23.5 Å². The maximum atomic E-state index is 12.2. The molecule has 2 N–H and O–H groups in total. The van der Waals surface area contributed by atoms with Crippen LogP contribution in [0, 0.1) is 0 Å². The number of hydrogen-bond donors (Lipinski definition) is 2. The minimum atomic E-state index is -0.751. The number of nitrogens with one attached hydrogen (secondary N) is 2. The van der Waals surface area contributed by atoms with Gasteiger partial charge in [0, 0.05) is 18.9 Å². The van der Waals surface area contributed by atoms with E-state index in [1.54, 1.807) is 59.6 Å². The summed E-state index contributed by atoms with van der Waals surface area (Å²) >= 11 is 1.30. The van der Waals surface area contributed by atoms with Gasteiger partial charge in [0.15, 0.2) is 6.61 Å². The molecule has 0 unspecified atom stereocenters. The fourth-order valence-corrected chi connectivity index (χ4v) is 3.08. The molecule has 0 aliphatic rings. The first-order chi connectivity index (χ1) is 13.9. The molecule has 0 aliphatic heterocycles. The van der Waals surface area contributed by atoms with E-state index >= 15 is 0 Å². The van der Waals surface area contributed by atoms with Crippen molar-refractivity contribution in [2.24, 2.45) is 7.05 Å². The second-order valence-corrected chi connectivity index (χ2v) is 6.92. The highest BCUT2D eigenvalue weighted by atomic mass is 32.1. The number of thiophene rings is 1. The number of esters is 1. The molecule has 8 nitrogen and oxygen atoms in total. The Morgan fingerprint density at radius 2 is 1.86 bits per heavy atom. The highest BCUT2D eigenvalue weighted by Crippen LogP contribution is 2.15. The topological polar surface area (TPSA) is 106 Å². The van der Waals surface area contributed by atoms with Crippen LogP contribution in [0.2, 0.25) is 0 Å². The van der Waals surface area contributed by atoms with Gasteiger partial charge in [-0.25, -0.2) is 4.79 Å². The zero-order valence-electron chi connectivity index (χ0n) is 15.4. The van der Waals surface area contributed by atoms with E-state index in [0.717, 1.165) is 0 Å². The first-order valence-corrected chi connectivity index (χ1v) is 9.39. The molecule has 0 spiro atoms. The number of aryl methyl sites for hydroxylation is 1. The van der Waals surface area contributed by atoms with E-state index in [2.05, 4.69) is 10.6 Å². The number of amides is 3. The second kappa shape index (κ2) is 8.98. The Morgan fingerprint density at radius 3 is 2.55 bits per heavy atom. The quantitative estimate of drug-likeness (QED) is 0.606. The van der Waals surface area contributed by atoms with Crippen LogP contribution in [-0.4, -0.2) is 34.9 Å². The molecule has 0 aliphatic carbocycles. The fraction of sp³-hybridized carbons (Fsp3) is 0.100. The Morgan fingerprint density at radius 1 is 1.03 bits per heavy atom. The summed E-state index contributed by atoms with van der Waals surface area (Å²) in [5.74, 6) is -2.37. The second-order valence-electron chi connectivity index (χ2n) is 5.97. The van der Waals surface area contributed by atoms with Crippen LogP contribution in [0.25, 0.3) is 0 Å². The molecule has 0 saturated heterocycles. The number of nitrogens with zero attached hydrogens (tertiary/aromatic N) is 1. The lowest BCUT2D eigenvalue weighted by molar-refractivity contribution is -0.123. The van der Waals surface area contributed by atoms with Crippen LogP contribution in [0.4, 0.5) is 5.69 Å². The molecule has 2 heterocycles. The number of hydrogen-bond acceptors (Lipinski definition) is 6. The zero-order valence-corrected chi connectivity index (χ0v) is 16.2. The number of anilines is 1. The van der Waals surface area contributed by atoms with Gasteiger partial charge < -0.3 is 14.6 Å². The van der Waals surface area contributed by atoms with Crippen LogP contribution in [0.3, 0.4) is 0 Å². The number of carbonyl (C=O) groups excluding carboxylic acids is 4. The first kappa shape index (κ1) is 20.0. The summed E-state index contributed by atoms with van der Waals surface area (Å²) in [5, 5.41) is 6.63. The number of benzene rings is 1. The third-order valence-electron chi connectivity index (χ3n) is 3.86. The van der Waals surface area contributed by atoms with Gasteiger partial charge in [-0.1, -0.05) is 12.1 Å². The van der Waals surface area contributed by atoms with E-state index < -0.39 is 24.4 Å². The van der Waals surface area contributed by atoms with Crippen molar-refractivity contribution in [3.63, 3.8) is 0 Å². The molecule has 2 aromatic heterocycles. The third-order valence-corrected chi connectivity index (χ3v) is 4.73. The van der Waals surface area contributed by atoms with Crippen molar-refractivity contribution < 1.29 is 23.9 Å². The van der Waals surface area contributed by atoms with Gasteiger partial charge in [-0.05, 0) is 41.8 Å². The Labute approximate surface area is 170 Å². The number of ether oxygens (including phenoxy) is 1. The molecule has 0 radical (unpaired) electrons. The molecule has 1 aromatic carbocycles. The Balaban J connectivity index is 1.54. The van der Waals surface area contributed by atoms with E-state index in [4.69, 9.17) is 4.74 Å². The van der Waals surface area contributed by atoms with E-state index in [-0.39, 0.29) is 11.5 Å². The molecule has 0 saturated carbocycles. The highest BCUT2D eigenvalue weighted by molar-refractivity contribution is 7.12. The first-order valence-electron chi connectivity index (χ1n) is 8.51. The summed E-state index contributed by atoms with van der Waals surface area (Å²) in [6.45, 7) is -0.610. The van der Waals surface area contributed by atoms with Crippen molar-refractivity contribution in [1.82, 2.24) is 9.88 Å². The van der Waals surface area contributed by atoms with Crippen LogP contribution in [0.1, 0.15) is 30.5 Å². The van der Waals surface area contributed by atoms with Gasteiger partial charge in [0.05, 0.1) is 10.4 Å². The van der Waals surface area contributed by atoms with Crippen molar-refractivity contribution >= 4 is 40.7 Å². The lowest BCUT2D eigenvalue weighted by Gasteiger charge is -2.08. The van der Waals surface area contributed by atoms with Crippen molar-refractivity contribution in [2.45, 2.75) is 0 Å². The molecular weight excluding hydrogens is 394 g/mol. The third kappa shape index (κ3) is 5.17. The normalized spacial score (nSPS) is 10.2. The van der Waals surface area contributed by atoms with Gasteiger partial charge in [-0.15, -0.1) is 11.3 Å². The van der Waals surface area contributed by atoms with Gasteiger partial charge in [0.25, 0.3) is 17.7 Å². The van der Waals surface area contributed by atoms with Crippen LogP contribution >= 0.6 is 11.3 Å². The van der Waals surface area contributed by atoms with Crippen LogP contribution in [0.15, 0.2) is 60.1 Å². The average Bonchev–Trinajstić information content (AvgIpc) is 3.38. The Hall–Kier alpha value is -3.72. The predicted octanol–water partition coefficient (Wildman–Crippen LogP) is 2.45. The van der Waals surface area contributed by atoms with Gasteiger partial charge in [-0.3, -0.25) is 19.7 Å². The zero-order chi connectivity index (χ0) is 20.8. The maximum absolute atomic E-state index is 12.2. The standard InChI is InChI=1S/C20H17N3O5S/c1-23-9-3-7-15(23)18(25)22-17(24)12-28-20(27)13-5-2-6-14(11-13)21-19(26)16-8-4-10-29-16/h2-11H,12H2,1H3,(H,21,26)(H,22,24,25). The molecule has 0 atom stereocenters. The molecule has 9 heteroatoms. The lowest BCUT2D eigenvalue weighted by atomic mass is 10.2. The summed E-state index contributed by atoms with van der Waals surface area (Å²) in [6, 6.07) is 12.8. The summed E-state index contributed by atoms with van der Waals surface area (Å²) < 4.78 is 6.51. The van der Waals surface area contributed by atoms with E-state index in [9.17, 15) is 19.2 Å². The summed E-state index contributed by atoms with van der Waals surface area (Å²) in [5.41, 5.74) is 0.885. The van der Waals surface area contributed by atoms with Gasteiger partial charge in [0.2, 0.25) is 0 Å². The molecule has 0 fully saturated rings. The SMILES string of the molecule is Cn1cccc1C(=O)NC(=O)COC(=O)c1cccc(NC(=O)c2cccs2)c1. The monoisotopic (exact) mass is 411 g/mol. The highest BCUT2D eigenvalue weighted by Gasteiger charge is 2.16. The average molecular weight is 411 g/mol. The summed E-state index contributed by atoms with van der Waals surface area (Å²) in [6.07, 6.45) is 1.67. The minimum Gasteiger partial charge on any atom is -0.452 e. The smallest absolute Gasteiger partial charge is 0.338 e. The number of imide groups is 1. The number of carbonyl (C=O) groups is 4. The van der Waals surface area contributed by atoms with Crippen LogP contribution < -0.4 is 10.6 Å². The van der Waals surface area contributed by atoms with Crippen molar-refractivity contribution in [1.29, 1.82) is 0 Å². The van der Waals surface area contributed by atoms with Gasteiger partial charge in [0.1, 0.15) is 5.69 Å². The summed E-state index contributed by atoms with van der Waals surface area (Å²) in [4.78, 5) is 48.6. The number of aromatic nitrogens is 1. The molecular formula is C20H17N3O5S. The predicted molar refractivity (Wildman–Crippen MR) is 107 cm³/mol. The Kier molecular flexibility index (Phi) is 6.20. The summed E-state index contributed by atoms with van der Waals surface area (Å²) in [7, 11) is 1.67. The van der Waals surface area contributed by atoms with Crippen molar-refractivity contribution in [3.05, 3.63) is 76.2 Å².